The first-order valence-corrected chi connectivity index (χ1v) is 10.6. The lowest BCUT2D eigenvalue weighted by Gasteiger charge is -2.46. The third kappa shape index (κ3) is 3.69. The first-order valence-electron chi connectivity index (χ1n) is 10.3. The summed E-state index contributed by atoms with van der Waals surface area (Å²) >= 11 is 6.19. The summed E-state index contributed by atoms with van der Waals surface area (Å²) in [6.07, 6.45) is -0.303. The lowest BCUT2D eigenvalue weighted by atomic mass is 9.99. The quantitative estimate of drug-likeness (QED) is 0.363. The topological polar surface area (TPSA) is 23.6 Å². The maximum Gasteiger partial charge on any atom is 0.262 e. The summed E-state index contributed by atoms with van der Waals surface area (Å²) < 4.78 is 0. The molecule has 1 aliphatic heterocycles. The number of anilines is 2. The van der Waals surface area contributed by atoms with E-state index in [1.54, 1.807) is 0 Å². The van der Waals surface area contributed by atoms with Crippen LogP contribution in [0.4, 0.5) is 11.4 Å². The molecule has 0 bridgehead atoms. The van der Waals surface area contributed by atoms with Gasteiger partial charge in [0.05, 0.1) is 11.3 Å². The molecule has 0 spiro atoms. The van der Waals surface area contributed by atoms with Crippen molar-refractivity contribution >= 4 is 28.9 Å². The Morgan fingerprint density at radius 1 is 0.710 bits per heavy atom. The third-order valence-corrected chi connectivity index (χ3v) is 5.85. The fraction of sp³-hybridized carbons (Fsp3) is 0.0741. The molecule has 0 saturated carbocycles. The number of hydrogen-bond donors (Lipinski definition) is 0. The fourth-order valence-corrected chi connectivity index (χ4v) is 4.31. The van der Waals surface area contributed by atoms with E-state index in [-0.39, 0.29) is 12.1 Å². The molecule has 152 valence electrons. The van der Waals surface area contributed by atoms with Gasteiger partial charge in [0.15, 0.2) is 0 Å². The Bertz CT molecular complexity index is 1190. The smallest absolute Gasteiger partial charge is 0.262 e. The van der Waals surface area contributed by atoms with Crippen LogP contribution in [0.5, 0.6) is 0 Å². The number of rotatable bonds is 4. The summed E-state index contributed by atoms with van der Waals surface area (Å²) in [5.41, 5.74) is 4.68. The number of carbonyl (C=O) groups is 1. The third-order valence-electron chi connectivity index (χ3n) is 5.60. The second-order valence-corrected chi connectivity index (χ2v) is 8.00. The molecule has 0 aromatic heterocycles. The molecule has 0 fully saturated rings. The number of carbonyl (C=O) groups excluding carboxylic acids is 1. The summed E-state index contributed by atoms with van der Waals surface area (Å²) in [7, 11) is 0. The van der Waals surface area contributed by atoms with Gasteiger partial charge in [0.1, 0.15) is 6.17 Å². The van der Waals surface area contributed by atoms with Crippen LogP contribution in [-0.2, 0) is 6.54 Å². The lowest BCUT2D eigenvalue weighted by Crippen LogP contribution is -2.49. The first kappa shape index (κ1) is 19.4. The number of amides is 1. The molecular formula is C27H21ClN2O. The van der Waals surface area contributed by atoms with Crippen LogP contribution in [-0.4, -0.2) is 5.91 Å². The van der Waals surface area contributed by atoms with E-state index in [2.05, 4.69) is 17.0 Å². The van der Waals surface area contributed by atoms with Gasteiger partial charge in [0.25, 0.3) is 5.91 Å². The van der Waals surface area contributed by atoms with Crippen molar-refractivity contribution in [3.8, 4) is 0 Å². The van der Waals surface area contributed by atoms with Gasteiger partial charge < -0.3 is 4.90 Å². The molecule has 1 atom stereocenters. The van der Waals surface area contributed by atoms with Crippen LogP contribution < -0.4 is 9.80 Å². The highest BCUT2D eigenvalue weighted by Gasteiger charge is 2.39. The number of benzene rings is 4. The zero-order chi connectivity index (χ0) is 21.2. The van der Waals surface area contributed by atoms with E-state index in [1.165, 1.54) is 5.56 Å². The van der Waals surface area contributed by atoms with Gasteiger partial charge >= 0.3 is 0 Å². The van der Waals surface area contributed by atoms with Crippen molar-refractivity contribution in [3.05, 3.63) is 131 Å². The predicted octanol–water partition coefficient (Wildman–Crippen LogP) is 6.71. The van der Waals surface area contributed by atoms with Crippen LogP contribution in [0.3, 0.4) is 0 Å². The highest BCUT2D eigenvalue weighted by Crippen LogP contribution is 2.42. The van der Waals surface area contributed by atoms with E-state index >= 15 is 0 Å². The number of para-hydroxylation sites is 2. The van der Waals surface area contributed by atoms with Crippen LogP contribution in [0, 0.1) is 0 Å². The van der Waals surface area contributed by atoms with Crippen molar-refractivity contribution in [1.29, 1.82) is 0 Å². The molecule has 3 nitrogen and oxygen atoms in total. The van der Waals surface area contributed by atoms with Crippen molar-refractivity contribution in [2.75, 3.05) is 9.80 Å². The Labute approximate surface area is 187 Å². The summed E-state index contributed by atoms with van der Waals surface area (Å²) in [5.74, 6) is -0.00828. The minimum atomic E-state index is -0.303. The maximum atomic E-state index is 13.7. The molecular weight excluding hydrogens is 404 g/mol. The van der Waals surface area contributed by atoms with Crippen LogP contribution in [0.25, 0.3) is 0 Å². The summed E-state index contributed by atoms with van der Waals surface area (Å²) in [5, 5.41) is 0.673. The normalized spacial score (nSPS) is 15.6. The van der Waals surface area contributed by atoms with Gasteiger partial charge in [-0.3, -0.25) is 9.69 Å². The van der Waals surface area contributed by atoms with Gasteiger partial charge in [-0.2, -0.15) is 0 Å². The van der Waals surface area contributed by atoms with E-state index in [1.807, 2.05) is 102 Å². The Kier molecular flexibility index (Phi) is 5.19. The van der Waals surface area contributed by atoms with E-state index in [0.717, 1.165) is 16.9 Å². The van der Waals surface area contributed by atoms with E-state index < -0.39 is 0 Å². The summed E-state index contributed by atoms with van der Waals surface area (Å²) in [6.45, 7) is 0.668. The van der Waals surface area contributed by atoms with Crippen molar-refractivity contribution in [1.82, 2.24) is 0 Å². The van der Waals surface area contributed by atoms with Gasteiger partial charge in [-0.25, -0.2) is 0 Å². The van der Waals surface area contributed by atoms with Gasteiger partial charge in [-0.05, 0) is 47.5 Å². The van der Waals surface area contributed by atoms with Crippen LogP contribution >= 0.6 is 11.6 Å². The molecule has 5 rings (SSSR count). The molecule has 0 saturated heterocycles. The van der Waals surface area contributed by atoms with Crippen molar-refractivity contribution in [2.45, 2.75) is 12.7 Å². The zero-order valence-electron chi connectivity index (χ0n) is 16.9. The molecule has 31 heavy (non-hydrogen) atoms. The van der Waals surface area contributed by atoms with E-state index in [4.69, 9.17) is 11.6 Å². The van der Waals surface area contributed by atoms with Gasteiger partial charge in [0.2, 0.25) is 0 Å². The molecule has 0 N–H and O–H groups in total. The highest BCUT2D eigenvalue weighted by molar-refractivity contribution is 6.30. The second kappa shape index (κ2) is 8.29. The van der Waals surface area contributed by atoms with Crippen molar-refractivity contribution in [3.63, 3.8) is 0 Å². The van der Waals surface area contributed by atoms with Crippen LogP contribution in [0.15, 0.2) is 109 Å². The molecule has 0 aliphatic carbocycles. The van der Waals surface area contributed by atoms with Crippen molar-refractivity contribution in [2.24, 2.45) is 0 Å². The van der Waals surface area contributed by atoms with Gasteiger partial charge in [-0.1, -0.05) is 84.4 Å². The molecule has 4 aromatic rings. The Morgan fingerprint density at radius 3 is 2.03 bits per heavy atom. The molecule has 1 heterocycles. The molecule has 0 unspecified atom stereocenters. The summed E-state index contributed by atoms with van der Waals surface area (Å²) in [6, 6.07) is 35.8. The molecule has 4 heteroatoms. The molecule has 0 radical (unpaired) electrons. The van der Waals surface area contributed by atoms with Crippen LogP contribution in [0.1, 0.15) is 27.7 Å². The van der Waals surface area contributed by atoms with Gasteiger partial charge in [0, 0.05) is 17.3 Å². The SMILES string of the molecule is O=C1c2ccccc2N(Cc2ccccc2)[C@@H](c2ccc(Cl)cc2)N1c1ccccc1. The standard InChI is InChI=1S/C27H21ClN2O/c28-22-17-15-21(16-18-22)26-29(19-20-9-3-1-4-10-20)25-14-8-7-13-24(25)27(31)30(26)23-11-5-2-6-12-23/h1-18,26H,19H2/t26-/m1/s1. The number of halogens is 1. The fourth-order valence-electron chi connectivity index (χ4n) is 4.18. The van der Waals surface area contributed by atoms with Crippen molar-refractivity contribution < 1.29 is 4.79 Å². The number of hydrogen-bond acceptors (Lipinski definition) is 2. The maximum absolute atomic E-state index is 13.7. The average molecular weight is 425 g/mol. The van der Waals surface area contributed by atoms with Gasteiger partial charge in [-0.15, -0.1) is 0 Å². The van der Waals surface area contributed by atoms with E-state index in [0.29, 0.717) is 17.1 Å². The monoisotopic (exact) mass is 424 g/mol. The second-order valence-electron chi connectivity index (χ2n) is 7.57. The predicted molar refractivity (Wildman–Crippen MR) is 127 cm³/mol. The molecule has 1 aliphatic rings. The first-order chi connectivity index (χ1) is 15.2. The minimum absolute atomic E-state index is 0.00828. The molecule has 4 aromatic carbocycles. The Morgan fingerprint density at radius 2 is 1.32 bits per heavy atom. The minimum Gasteiger partial charge on any atom is -0.342 e. The summed E-state index contributed by atoms with van der Waals surface area (Å²) in [4.78, 5) is 17.9. The van der Waals surface area contributed by atoms with E-state index in [9.17, 15) is 4.79 Å². The lowest BCUT2D eigenvalue weighted by molar-refractivity contribution is 0.0968. The number of fused-ring (bicyclic) bond motifs is 1. The Hall–Kier alpha value is -3.56. The number of nitrogens with zero attached hydrogens (tertiary/aromatic N) is 2. The molecule has 1 amide bonds. The zero-order valence-corrected chi connectivity index (χ0v) is 17.6. The van der Waals surface area contributed by atoms with Crippen LogP contribution in [0.2, 0.25) is 5.02 Å². The Balaban J connectivity index is 1.72. The largest absolute Gasteiger partial charge is 0.342 e. The highest BCUT2D eigenvalue weighted by atomic mass is 35.5. The average Bonchev–Trinajstić information content (AvgIpc) is 2.82.